The molecule has 1 N–H and O–H groups in total. The second-order valence-corrected chi connectivity index (χ2v) is 8.75. The maximum atomic E-state index is 12.8. The molecule has 1 amide bonds. The van der Waals surface area contributed by atoms with E-state index in [0.717, 1.165) is 51.3 Å². The Morgan fingerprint density at radius 1 is 1.10 bits per heavy atom. The monoisotopic (exact) mass is 421 g/mol. The summed E-state index contributed by atoms with van der Waals surface area (Å²) in [5, 5.41) is 3.19. The van der Waals surface area contributed by atoms with Gasteiger partial charge in [-0.2, -0.15) is 0 Å². The Labute approximate surface area is 186 Å². The fourth-order valence-corrected chi connectivity index (χ4v) is 4.63. The lowest BCUT2D eigenvalue weighted by Gasteiger charge is -2.29. The van der Waals surface area contributed by atoms with Crippen LogP contribution in [0.15, 0.2) is 42.5 Å². The van der Waals surface area contributed by atoms with Crippen LogP contribution in [0.1, 0.15) is 60.1 Å². The fraction of sp³-hybridized carbons (Fsp3) is 0.500. The summed E-state index contributed by atoms with van der Waals surface area (Å²) in [4.78, 5) is 17.7. The topological polar surface area (TPSA) is 44.8 Å². The summed E-state index contributed by atoms with van der Waals surface area (Å²) >= 11 is 0. The Morgan fingerprint density at radius 2 is 1.87 bits per heavy atom. The molecule has 0 saturated carbocycles. The first kappa shape index (κ1) is 21.7. The van der Waals surface area contributed by atoms with Gasteiger partial charge >= 0.3 is 0 Å². The lowest BCUT2D eigenvalue weighted by atomic mass is 10.0. The van der Waals surface area contributed by atoms with Crippen molar-refractivity contribution >= 4 is 11.6 Å². The predicted molar refractivity (Wildman–Crippen MR) is 126 cm³/mol. The van der Waals surface area contributed by atoms with Crippen LogP contribution in [0.4, 0.5) is 5.69 Å². The van der Waals surface area contributed by atoms with Gasteiger partial charge in [-0.15, -0.1) is 0 Å². The van der Waals surface area contributed by atoms with E-state index in [9.17, 15) is 4.79 Å². The van der Waals surface area contributed by atoms with E-state index in [-0.39, 0.29) is 11.9 Å². The lowest BCUT2D eigenvalue weighted by Crippen LogP contribution is -2.36. The Hall–Kier alpha value is -2.53. The summed E-state index contributed by atoms with van der Waals surface area (Å²) < 4.78 is 5.71. The van der Waals surface area contributed by atoms with Gasteiger partial charge in [0.2, 0.25) is 0 Å². The molecule has 1 fully saturated rings. The number of hydrogen-bond donors (Lipinski definition) is 1. The number of ether oxygens (including phenoxy) is 1. The number of nitrogens with zero attached hydrogens (tertiary/aromatic N) is 2. The van der Waals surface area contributed by atoms with Gasteiger partial charge in [-0.25, -0.2) is 0 Å². The van der Waals surface area contributed by atoms with Crippen LogP contribution in [0.25, 0.3) is 0 Å². The fourth-order valence-electron chi connectivity index (χ4n) is 4.63. The maximum Gasteiger partial charge on any atom is 0.251 e. The standard InChI is InChI=1S/C26H35N3O2/c1-3-4-17-31-23-10-7-20(8-11-23)26(30)27-19-25(29-14-5-6-15-29)21-9-12-24-22(18-21)13-16-28(24)2/h7-12,18,25H,3-6,13-17,19H2,1-2H3,(H,27,30). The third-order valence-corrected chi connectivity index (χ3v) is 6.54. The Balaban J connectivity index is 1.41. The average molecular weight is 422 g/mol. The van der Waals surface area contributed by atoms with Crippen LogP contribution in [0.2, 0.25) is 0 Å². The van der Waals surface area contributed by atoms with Gasteiger partial charge in [0.15, 0.2) is 0 Å². The second-order valence-electron chi connectivity index (χ2n) is 8.75. The number of likely N-dealkylation sites (N-methyl/N-ethyl adjacent to an activating group) is 1. The van der Waals surface area contributed by atoms with E-state index in [1.54, 1.807) is 0 Å². The van der Waals surface area contributed by atoms with E-state index in [1.807, 2.05) is 24.3 Å². The number of amides is 1. The van der Waals surface area contributed by atoms with Crippen molar-refractivity contribution in [1.82, 2.24) is 10.2 Å². The van der Waals surface area contributed by atoms with E-state index in [0.29, 0.717) is 12.1 Å². The average Bonchev–Trinajstić information content (AvgIpc) is 3.45. The minimum atomic E-state index is -0.0230. The first-order valence-electron chi connectivity index (χ1n) is 11.7. The normalized spacial score (nSPS) is 16.9. The Bertz CT molecular complexity index is 875. The molecule has 0 radical (unpaired) electrons. The summed E-state index contributed by atoms with van der Waals surface area (Å²) in [6, 6.07) is 14.6. The van der Waals surface area contributed by atoms with Crippen LogP contribution in [0.5, 0.6) is 5.75 Å². The zero-order chi connectivity index (χ0) is 21.6. The summed E-state index contributed by atoms with van der Waals surface area (Å²) in [6.45, 7) is 6.77. The van der Waals surface area contributed by atoms with Gasteiger partial charge in [-0.05, 0) is 80.2 Å². The largest absolute Gasteiger partial charge is 0.494 e. The van der Waals surface area contributed by atoms with Crippen molar-refractivity contribution in [2.45, 2.75) is 45.1 Å². The van der Waals surface area contributed by atoms with E-state index in [1.165, 1.54) is 29.7 Å². The van der Waals surface area contributed by atoms with Crippen molar-refractivity contribution in [3.63, 3.8) is 0 Å². The number of fused-ring (bicyclic) bond motifs is 1. The van der Waals surface area contributed by atoms with Crippen molar-refractivity contribution in [2.24, 2.45) is 0 Å². The van der Waals surface area contributed by atoms with Gasteiger partial charge in [0, 0.05) is 31.4 Å². The molecular weight excluding hydrogens is 386 g/mol. The minimum absolute atomic E-state index is 0.0230. The van der Waals surface area contributed by atoms with Crippen molar-refractivity contribution in [2.75, 3.05) is 44.7 Å². The van der Waals surface area contributed by atoms with E-state index in [4.69, 9.17) is 4.74 Å². The van der Waals surface area contributed by atoms with Gasteiger partial charge in [0.05, 0.1) is 12.6 Å². The van der Waals surface area contributed by atoms with Crippen LogP contribution < -0.4 is 15.0 Å². The van der Waals surface area contributed by atoms with Gasteiger partial charge in [-0.3, -0.25) is 9.69 Å². The number of carbonyl (C=O) groups excluding carboxylic acids is 1. The van der Waals surface area contributed by atoms with Crippen molar-refractivity contribution in [3.8, 4) is 5.75 Å². The molecule has 0 bridgehead atoms. The quantitative estimate of drug-likeness (QED) is 0.609. The molecule has 0 spiro atoms. The number of benzene rings is 2. The van der Waals surface area contributed by atoms with Gasteiger partial charge in [0.25, 0.3) is 5.91 Å². The van der Waals surface area contributed by atoms with Crippen molar-refractivity contribution < 1.29 is 9.53 Å². The zero-order valence-electron chi connectivity index (χ0n) is 18.9. The highest BCUT2D eigenvalue weighted by Gasteiger charge is 2.26. The van der Waals surface area contributed by atoms with Crippen molar-refractivity contribution in [3.05, 3.63) is 59.2 Å². The zero-order valence-corrected chi connectivity index (χ0v) is 18.9. The number of hydrogen-bond acceptors (Lipinski definition) is 4. The maximum absolute atomic E-state index is 12.8. The molecule has 0 aliphatic carbocycles. The number of anilines is 1. The molecule has 2 aromatic rings. The van der Waals surface area contributed by atoms with Crippen LogP contribution >= 0.6 is 0 Å². The first-order chi connectivity index (χ1) is 15.2. The molecule has 0 aromatic heterocycles. The molecule has 1 atom stereocenters. The number of carbonyl (C=O) groups is 1. The van der Waals surface area contributed by atoms with Crippen LogP contribution in [0.3, 0.4) is 0 Å². The predicted octanol–water partition coefficient (Wildman–Crippen LogP) is 4.42. The van der Waals surface area contributed by atoms with Crippen LogP contribution in [-0.2, 0) is 6.42 Å². The molecule has 2 aromatic carbocycles. The lowest BCUT2D eigenvalue weighted by molar-refractivity contribution is 0.0938. The molecule has 166 valence electrons. The molecular formula is C26H35N3O2. The third-order valence-electron chi connectivity index (χ3n) is 6.54. The number of rotatable bonds is 9. The van der Waals surface area contributed by atoms with Gasteiger partial charge in [-0.1, -0.05) is 25.5 Å². The van der Waals surface area contributed by atoms with Gasteiger partial charge < -0.3 is 15.0 Å². The number of nitrogens with one attached hydrogen (secondary N) is 1. The van der Waals surface area contributed by atoms with Crippen molar-refractivity contribution in [1.29, 1.82) is 0 Å². The highest BCUT2D eigenvalue weighted by atomic mass is 16.5. The molecule has 2 heterocycles. The summed E-state index contributed by atoms with van der Waals surface area (Å²) in [5.74, 6) is 0.799. The highest BCUT2D eigenvalue weighted by molar-refractivity contribution is 5.94. The summed E-state index contributed by atoms with van der Waals surface area (Å²) in [7, 11) is 2.16. The molecule has 1 saturated heterocycles. The molecule has 5 nitrogen and oxygen atoms in total. The SMILES string of the molecule is CCCCOc1ccc(C(=O)NCC(c2ccc3c(c2)CCN3C)N2CCCC2)cc1. The van der Waals surface area contributed by atoms with E-state index in [2.05, 4.69) is 47.3 Å². The van der Waals surface area contributed by atoms with Gasteiger partial charge in [0.1, 0.15) is 5.75 Å². The number of likely N-dealkylation sites (tertiary alicyclic amines) is 1. The molecule has 1 unspecified atom stereocenters. The minimum Gasteiger partial charge on any atom is -0.494 e. The smallest absolute Gasteiger partial charge is 0.251 e. The summed E-state index contributed by atoms with van der Waals surface area (Å²) in [5.41, 5.74) is 4.76. The van der Waals surface area contributed by atoms with E-state index >= 15 is 0 Å². The molecule has 31 heavy (non-hydrogen) atoms. The second kappa shape index (κ2) is 10.2. The third kappa shape index (κ3) is 5.21. The van der Waals surface area contributed by atoms with Crippen LogP contribution in [0, 0.1) is 0 Å². The molecule has 2 aliphatic rings. The van der Waals surface area contributed by atoms with Crippen LogP contribution in [-0.4, -0.2) is 50.6 Å². The Morgan fingerprint density at radius 3 is 2.61 bits per heavy atom. The summed E-state index contributed by atoms with van der Waals surface area (Å²) in [6.07, 6.45) is 5.72. The first-order valence-corrected chi connectivity index (χ1v) is 11.7. The number of unbranched alkanes of at least 4 members (excludes halogenated alkanes) is 1. The highest BCUT2D eigenvalue weighted by Crippen LogP contribution is 2.32. The Kier molecular flexibility index (Phi) is 7.13. The van der Waals surface area contributed by atoms with E-state index < -0.39 is 0 Å². The molecule has 5 heteroatoms. The molecule has 2 aliphatic heterocycles. The molecule has 4 rings (SSSR count).